The molecule has 7 nitrogen and oxygen atoms in total. The van der Waals surface area contributed by atoms with E-state index in [0.29, 0.717) is 12.5 Å². The summed E-state index contributed by atoms with van der Waals surface area (Å²) in [6.45, 7) is 1.40. The molecule has 0 bridgehead atoms. The van der Waals surface area contributed by atoms with Crippen LogP contribution in [0.5, 0.6) is 0 Å². The van der Waals surface area contributed by atoms with E-state index in [1.807, 2.05) is 0 Å². The molecule has 1 heterocycles. The maximum Gasteiger partial charge on any atom is 0.417 e. The van der Waals surface area contributed by atoms with Crippen LogP contribution in [-0.2, 0) is 21.0 Å². The Balaban J connectivity index is 2.30. The lowest BCUT2D eigenvalue weighted by Crippen LogP contribution is -2.48. The number of hydrogen-bond acceptors (Lipinski definition) is 4. The number of nitrogens with one attached hydrogen (secondary N) is 2. The Hall–Kier alpha value is -2.14. The quantitative estimate of drug-likeness (QED) is 0.714. The smallest absolute Gasteiger partial charge is 0.417 e. The molecule has 0 aliphatic carbocycles. The highest BCUT2D eigenvalue weighted by Gasteiger charge is 2.37. The van der Waals surface area contributed by atoms with Crippen LogP contribution in [0, 0.1) is 0 Å². The lowest BCUT2D eigenvalue weighted by Gasteiger charge is -2.24. The molecule has 1 amide bonds. The molecule has 138 valence electrons. The molecular weight excluding hydrogens is 365 g/mol. The first-order valence-corrected chi connectivity index (χ1v) is 8.58. The Kier molecular flexibility index (Phi) is 4.83. The van der Waals surface area contributed by atoms with Gasteiger partial charge in [0.2, 0.25) is 15.9 Å². The SMILES string of the molecule is CC1(CNS(=O)(=O)c2ccc(C(=O)O)c(C(F)(F)F)c2)CCC(=O)N1. The van der Waals surface area contributed by atoms with Crippen molar-refractivity contribution in [3.05, 3.63) is 29.3 Å². The summed E-state index contributed by atoms with van der Waals surface area (Å²) in [5.74, 6) is -2.06. The fraction of sp³-hybridized carbons (Fsp3) is 0.429. The number of alkyl halides is 3. The first-order valence-electron chi connectivity index (χ1n) is 7.09. The van der Waals surface area contributed by atoms with Gasteiger partial charge in [0, 0.05) is 13.0 Å². The van der Waals surface area contributed by atoms with Crippen molar-refractivity contribution in [2.45, 2.75) is 36.4 Å². The van der Waals surface area contributed by atoms with Gasteiger partial charge in [-0.05, 0) is 31.5 Å². The van der Waals surface area contributed by atoms with Crippen molar-refractivity contribution in [1.29, 1.82) is 0 Å². The number of halogens is 3. The van der Waals surface area contributed by atoms with Crippen molar-refractivity contribution in [3.63, 3.8) is 0 Å². The fourth-order valence-electron chi connectivity index (χ4n) is 2.43. The molecule has 1 aromatic rings. The zero-order valence-corrected chi connectivity index (χ0v) is 13.8. The van der Waals surface area contributed by atoms with Crippen molar-refractivity contribution in [2.75, 3.05) is 6.54 Å². The number of rotatable bonds is 5. The standard InChI is InChI=1S/C14H15F3N2O5S/c1-13(5-4-11(20)19-13)7-18-25(23,24)8-2-3-9(12(21)22)10(6-8)14(15,16)17/h2-3,6,18H,4-5,7H2,1H3,(H,19,20)(H,21,22). The van der Waals surface area contributed by atoms with Crippen molar-refractivity contribution in [2.24, 2.45) is 0 Å². The molecule has 0 aromatic heterocycles. The first-order chi connectivity index (χ1) is 11.3. The lowest BCUT2D eigenvalue weighted by atomic mass is 10.0. The summed E-state index contributed by atoms with van der Waals surface area (Å²) in [5.41, 5.74) is -3.43. The predicted molar refractivity (Wildman–Crippen MR) is 79.4 cm³/mol. The second-order valence-electron chi connectivity index (χ2n) is 5.94. The highest BCUT2D eigenvalue weighted by Crippen LogP contribution is 2.33. The molecule has 1 fully saturated rings. The number of carboxylic acids is 1. The third-order valence-corrected chi connectivity index (χ3v) is 5.23. The molecule has 0 spiro atoms. The molecule has 1 atom stereocenters. The van der Waals surface area contributed by atoms with Gasteiger partial charge in [-0.1, -0.05) is 0 Å². The van der Waals surface area contributed by atoms with E-state index >= 15 is 0 Å². The second-order valence-corrected chi connectivity index (χ2v) is 7.71. The van der Waals surface area contributed by atoms with E-state index in [2.05, 4.69) is 10.0 Å². The van der Waals surface area contributed by atoms with E-state index in [1.165, 1.54) is 0 Å². The van der Waals surface area contributed by atoms with E-state index in [1.54, 1.807) is 6.92 Å². The summed E-state index contributed by atoms with van der Waals surface area (Å²) < 4.78 is 65.6. The molecule has 1 aliphatic heterocycles. The number of benzene rings is 1. The molecule has 25 heavy (non-hydrogen) atoms. The molecular formula is C14H15F3N2O5S. The average molecular weight is 380 g/mol. The minimum Gasteiger partial charge on any atom is -0.478 e. The molecule has 3 N–H and O–H groups in total. The summed E-state index contributed by atoms with van der Waals surface area (Å²) in [7, 11) is -4.32. The van der Waals surface area contributed by atoms with Gasteiger partial charge in [-0.25, -0.2) is 17.9 Å². The van der Waals surface area contributed by atoms with E-state index in [4.69, 9.17) is 5.11 Å². The molecule has 0 radical (unpaired) electrons. The van der Waals surface area contributed by atoms with Crippen molar-refractivity contribution >= 4 is 21.9 Å². The zero-order valence-electron chi connectivity index (χ0n) is 13.0. The van der Waals surface area contributed by atoms with Crippen LogP contribution in [-0.4, -0.2) is 37.5 Å². The van der Waals surface area contributed by atoms with Crippen LogP contribution < -0.4 is 10.0 Å². The van der Waals surface area contributed by atoms with Gasteiger partial charge >= 0.3 is 12.1 Å². The molecule has 0 saturated carbocycles. The van der Waals surface area contributed by atoms with Crippen molar-refractivity contribution in [3.8, 4) is 0 Å². The molecule has 11 heteroatoms. The van der Waals surface area contributed by atoms with Gasteiger partial charge in [0.15, 0.2) is 0 Å². The Morgan fingerprint density at radius 2 is 2.04 bits per heavy atom. The molecule has 1 unspecified atom stereocenters. The summed E-state index contributed by atoms with van der Waals surface area (Å²) in [6, 6.07) is 1.66. The molecule has 1 saturated heterocycles. The van der Waals surface area contributed by atoms with Gasteiger partial charge in [-0.3, -0.25) is 4.79 Å². The molecule has 1 aromatic carbocycles. The highest BCUT2D eigenvalue weighted by molar-refractivity contribution is 7.89. The van der Waals surface area contributed by atoms with E-state index in [-0.39, 0.29) is 24.9 Å². The number of amides is 1. The summed E-state index contributed by atoms with van der Waals surface area (Å²) >= 11 is 0. The number of aromatic carboxylic acids is 1. The number of hydrogen-bond donors (Lipinski definition) is 3. The van der Waals surface area contributed by atoms with Crippen LogP contribution in [0.15, 0.2) is 23.1 Å². The van der Waals surface area contributed by atoms with Gasteiger partial charge in [-0.15, -0.1) is 0 Å². The Morgan fingerprint density at radius 3 is 2.52 bits per heavy atom. The lowest BCUT2D eigenvalue weighted by molar-refractivity contribution is -0.138. The Bertz CT molecular complexity index is 822. The minimum atomic E-state index is -5.02. The van der Waals surface area contributed by atoms with Gasteiger partial charge in [0.25, 0.3) is 0 Å². The third kappa shape index (κ3) is 4.28. The Morgan fingerprint density at radius 1 is 1.40 bits per heavy atom. The highest BCUT2D eigenvalue weighted by atomic mass is 32.2. The van der Waals surface area contributed by atoms with Crippen LogP contribution in [0.25, 0.3) is 0 Å². The molecule has 2 rings (SSSR count). The minimum absolute atomic E-state index is 0.205. The topological polar surface area (TPSA) is 113 Å². The van der Waals surface area contributed by atoms with Gasteiger partial charge < -0.3 is 10.4 Å². The Labute approximate surface area is 141 Å². The number of carbonyl (C=O) groups excluding carboxylic acids is 1. The average Bonchev–Trinajstić information content (AvgIpc) is 2.84. The number of carboxylic acid groups (broad SMARTS) is 1. The van der Waals surface area contributed by atoms with Crippen LogP contribution in [0.1, 0.15) is 35.7 Å². The summed E-state index contributed by atoms with van der Waals surface area (Å²) in [4.78, 5) is 21.4. The van der Waals surface area contributed by atoms with E-state index in [9.17, 15) is 31.2 Å². The van der Waals surface area contributed by atoms with Crippen LogP contribution in [0.4, 0.5) is 13.2 Å². The number of carbonyl (C=O) groups is 2. The number of sulfonamides is 1. The zero-order chi connectivity index (χ0) is 19.0. The van der Waals surface area contributed by atoms with Crippen LogP contribution in [0.2, 0.25) is 0 Å². The van der Waals surface area contributed by atoms with E-state index < -0.39 is 43.7 Å². The fourth-order valence-corrected chi connectivity index (χ4v) is 3.63. The van der Waals surface area contributed by atoms with Crippen molar-refractivity contribution in [1.82, 2.24) is 10.0 Å². The summed E-state index contributed by atoms with van der Waals surface area (Å²) in [5, 5.41) is 11.4. The third-order valence-electron chi connectivity index (χ3n) is 3.83. The van der Waals surface area contributed by atoms with Crippen molar-refractivity contribution < 1.29 is 36.3 Å². The second kappa shape index (κ2) is 6.30. The maximum atomic E-state index is 13.0. The maximum absolute atomic E-state index is 13.0. The summed E-state index contributed by atoms with van der Waals surface area (Å²) in [6.07, 6.45) is -4.42. The molecule has 1 aliphatic rings. The van der Waals surface area contributed by atoms with Crippen LogP contribution >= 0.6 is 0 Å². The first kappa shape index (κ1) is 19.2. The van der Waals surface area contributed by atoms with Crippen LogP contribution in [0.3, 0.4) is 0 Å². The van der Waals surface area contributed by atoms with Gasteiger partial charge in [-0.2, -0.15) is 13.2 Å². The van der Waals surface area contributed by atoms with E-state index in [0.717, 1.165) is 6.07 Å². The largest absolute Gasteiger partial charge is 0.478 e. The predicted octanol–water partition coefficient (Wildman–Crippen LogP) is 1.35. The normalized spacial score (nSPS) is 21.2. The van der Waals surface area contributed by atoms with Gasteiger partial charge in [0.1, 0.15) is 0 Å². The monoisotopic (exact) mass is 380 g/mol. The van der Waals surface area contributed by atoms with Gasteiger partial charge in [0.05, 0.1) is 21.6 Å².